The standard InChI is InChI=1S/C32H50N6O11/c1-17(26(43)35-19(3)29(46)48-31(5,6)7)33-23(40)16-21(37-22(39)12-11-15-38-24(41)13-14-25(38)42)28(45)34-18(2)27(44)36-20(4)30(47)49-32(8,9)10/h13-14,17-21H,11-12,15-16H2,1-10H3,(H,33,40)(H,34,45)(H,35,43)(H,36,44)(H,37,39)/t17-,18-,19-,20-,21-/m0/s1. The van der Waals surface area contributed by atoms with Crippen LogP contribution in [-0.4, -0.2) is 106 Å². The van der Waals surface area contributed by atoms with Gasteiger partial charge in [-0.2, -0.15) is 0 Å². The number of imide groups is 1. The maximum absolute atomic E-state index is 13.2. The van der Waals surface area contributed by atoms with Gasteiger partial charge < -0.3 is 36.1 Å². The van der Waals surface area contributed by atoms with Crippen LogP contribution in [0.4, 0.5) is 0 Å². The summed E-state index contributed by atoms with van der Waals surface area (Å²) in [5.41, 5.74) is -1.59. The smallest absolute Gasteiger partial charge is 0.328 e. The summed E-state index contributed by atoms with van der Waals surface area (Å²) < 4.78 is 10.5. The number of carbonyl (C=O) groups is 9. The first-order chi connectivity index (χ1) is 22.4. The molecule has 17 heteroatoms. The van der Waals surface area contributed by atoms with Crippen LogP contribution in [0.5, 0.6) is 0 Å². The Balaban J connectivity index is 2.93. The molecule has 17 nitrogen and oxygen atoms in total. The Hall–Kier alpha value is -4.83. The van der Waals surface area contributed by atoms with Gasteiger partial charge in [0.05, 0.1) is 6.42 Å². The highest BCUT2D eigenvalue weighted by atomic mass is 16.6. The molecule has 1 aliphatic heterocycles. The van der Waals surface area contributed by atoms with E-state index < -0.39 is 101 Å². The molecule has 0 aromatic heterocycles. The Labute approximate surface area is 286 Å². The van der Waals surface area contributed by atoms with Gasteiger partial charge in [0.15, 0.2) is 0 Å². The predicted octanol–water partition coefficient (Wildman–Crippen LogP) is -0.731. The van der Waals surface area contributed by atoms with Crippen molar-refractivity contribution in [3.8, 4) is 0 Å². The Kier molecular flexibility index (Phi) is 15.6. The molecule has 0 unspecified atom stereocenters. The third-order valence-corrected chi connectivity index (χ3v) is 6.49. The lowest BCUT2D eigenvalue weighted by molar-refractivity contribution is -0.158. The number of nitrogens with zero attached hydrogens (tertiary/aromatic N) is 1. The minimum atomic E-state index is -1.53. The van der Waals surface area contributed by atoms with E-state index in [1.54, 1.807) is 41.5 Å². The summed E-state index contributed by atoms with van der Waals surface area (Å²) in [6, 6.07) is -6.00. The summed E-state index contributed by atoms with van der Waals surface area (Å²) in [7, 11) is 0. The highest BCUT2D eigenvalue weighted by Crippen LogP contribution is 2.10. The summed E-state index contributed by atoms with van der Waals surface area (Å²) >= 11 is 0. The number of amides is 7. The van der Waals surface area contributed by atoms with Crippen LogP contribution in [0.25, 0.3) is 0 Å². The molecule has 1 aliphatic rings. The second-order valence-corrected chi connectivity index (χ2v) is 13.6. The number of carbonyl (C=O) groups excluding carboxylic acids is 9. The third kappa shape index (κ3) is 15.7. The van der Waals surface area contributed by atoms with E-state index >= 15 is 0 Å². The Bertz CT molecular complexity index is 1310. The van der Waals surface area contributed by atoms with Crippen LogP contribution in [0.3, 0.4) is 0 Å². The second-order valence-electron chi connectivity index (χ2n) is 13.6. The van der Waals surface area contributed by atoms with Gasteiger partial charge in [0.1, 0.15) is 41.4 Å². The maximum atomic E-state index is 13.2. The quantitative estimate of drug-likeness (QED) is 0.0998. The normalized spacial score (nSPS) is 16.0. The molecule has 0 fully saturated rings. The van der Waals surface area contributed by atoms with E-state index in [9.17, 15) is 43.2 Å². The number of hydrogen-bond acceptors (Lipinski definition) is 11. The average molecular weight is 695 g/mol. The predicted molar refractivity (Wildman–Crippen MR) is 174 cm³/mol. The number of ether oxygens (including phenoxy) is 2. The van der Waals surface area contributed by atoms with Crippen molar-refractivity contribution in [2.45, 2.75) is 130 Å². The molecule has 0 aliphatic carbocycles. The van der Waals surface area contributed by atoms with Gasteiger partial charge in [-0.1, -0.05) is 0 Å². The number of rotatable bonds is 16. The molecule has 0 spiro atoms. The molecule has 0 saturated carbocycles. The molecule has 5 N–H and O–H groups in total. The van der Waals surface area contributed by atoms with E-state index in [1.165, 1.54) is 27.7 Å². The van der Waals surface area contributed by atoms with E-state index in [0.717, 1.165) is 17.1 Å². The molecule has 0 aromatic rings. The maximum Gasteiger partial charge on any atom is 0.328 e. The van der Waals surface area contributed by atoms with Gasteiger partial charge in [0.2, 0.25) is 29.5 Å². The lowest BCUT2D eigenvalue weighted by Crippen LogP contribution is -2.56. The molecule has 274 valence electrons. The van der Waals surface area contributed by atoms with Gasteiger partial charge in [-0.3, -0.25) is 38.5 Å². The SMILES string of the molecule is C[C@H](NC(=O)C[C@H](NC(=O)CCCN1C(=O)C=CC1=O)C(=O)N[C@@H](C)C(=O)N[C@@H](C)C(=O)OC(C)(C)C)C(=O)N[C@@H](C)C(=O)OC(C)(C)C. The van der Waals surface area contributed by atoms with Crippen molar-refractivity contribution in [3.05, 3.63) is 12.2 Å². The van der Waals surface area contributed by atoms with Crippen molar-refractivity contribution in [1.29, 1.82) is 0 Å². The van der Waals surface area contributed by atoms with E-state index in [4.69, 9.17) is 9.47 Å². The molecule has 0 bridgehead atoms. The Morgan fingerprint density at radius 2 is 1.02 bits per heavy atom. The van der Waals surface area contributed by atoms with E-state index in [1.807, 2.05) is 0 Å². The summed E-state index contributed by atoms with van der Waals surface area (Å²) in [5.74, 6) is -6.37. The van der Waals surface area contributed by atoms with E-state index in [-0.39, 0.29) is 19.4 Å². The van der Waals surface area contributed by atoms with Crippen LogP contribution in [0.1, 0.15) is 88.5 Å². The Morgan fingerprint density at radius 1 is 0.612 bits per heavy atom. The van der Waals surface area contributed by atoms with Gasteiger partial charge in [-0.05, 0) is 75.7 Å². The van der Waals surface area contributed by atoms with Crippen LogP contribution in [0.15, 0.2) is 12.2 Å². The topological polar surface area (TPSA) is 235 Å². The van der Waals surface area contributed by atoms with Gasteiger partial charge in [0.25, 0.3) is 11.8 Å². The van der Waals surface area contributed by atoms with E-state index in [2.05, 4.69) is 26.6 Å². The fourth-order valence-electron chi connectivity index (χ4n) is 4.03. The average Bonchev–Trinajstić information content (AvgIpc) is 3.26. The first-order valence-corrected chi connectivity index (χ1v) is 15.9. The summed E-state index contributed by atoms with van der Waals surface area (Å²) in [6.07, 6.45) is 1.37. The summed E-state index contributed by atoms with van der Waals surface area (Å²) in [6.45, 7) is 15.4. The van der Waals surface area contributed by atoms with E-state index in [0.29, 0.717) is 0 Å². The molecule has 49 heavy (non-hydrogen) atoms. The zero-order valence-electron chi connectivity index (χ0n) is 29.8. The lowest BCUT2D eigenvalue weighted by atomic mass is 10.1. The highest BCUT2D eigenvalue weighted by molar-refractivity contribution is 6.12. The molecular weight excluding hydrogens is 644 g/mol. The summed E-state index contributed by atoms with van der Waals surface area (Å²) in [5, 5.41) is 12.1. The van der Waals surface area contributed by atoms with Crippen molar-refractivity contribution in [1.82, 2.24) is 31.5 Å². The minimum absolute atomic E-state index is 0.0555. The Morgan fingerprint density at radius 3 is 1.45 bits per heavy atom. The zero-order valence-corrected chi connectivity index (χ0v) is 29.8. The van der Waals surface area contributed by atoms with Crippen molar-refractivity contribution in [2.24, 2.45) is 0 Å². The monoisotopic (exact) mass is 694 g/mol. The number of nitrogens with one attached hydrogen (secondary N) is 5. The minimum Gasteiger partial charge on any atom is -0.458 e. The van der Waals surface area contributed by atoms with Crippen molar-refractivity contribution >= 4 is 53.3 Å². The van der Waals surface area contributed by atoms with Crippen LogP contribution in [-0.2, 0) is 52.6 Å². The lowest BCUT2D eigenvalue weighted by Gasteiger charge is -2.25. The summed E-state index contributed by atoms with van der Waals surface area (Å²) in [4.78, 5) is 113. The fraction of sp³-hybridized carbons (Fsp3) is 0.656. The van der Waals surface area contributed by atoms with Gasteiger partial charge in [-0.15, -0.1) is 0 Å². The van der Waals surface area contributed by atoms with Crippen LogP contribution in [0.2, 0.25) is 0 Å². The molecule has 7 amide bonds. The fourth-order valence-corrected chi connectivity index (χ4v) is 4.03. The van der Waals surface area contributed by atoms with Crippen LogP contribution in [0, 0.1) is 0 Å². The molecule has 0 aromatic carbocycles. The third-order valence-electron chi connectivity index (χ3n) is 6.49. The number of hydrogen-bond donors (Lipinski definition) is 5. The first kappa shape index (κ1) is 42.2. The molecular formula is C32H50N6O11. The molecule has 0 saturated heterocycles. The molecule has 0 radical (unpaired) electrons. The highest BCUT2D eigenvalue weighted by Gasteiger charge is 2.31. The molecule has 5 atom stereocenters. The van der Waals surface area contributed by atoms with Crippen LogP contribution >= 0.6 is 0 Å². The van der Waals surface area contributed by atoms with Crippen molar-refractivity contribution in [3.63, 3.8) is 0 Å². The van der Waals surface area contributed by atoms with Crippen LogP contribution < -0.4 is 26.6 Å². The first-order valence-electron chi connectivity index (χ1n) is 15.9. The molecule has 1 heterocycles. The molecule has 1 rings (SSSR count). The zero-order chi connectivity index (χ0) is 37.9. The number of esters is 2. The van der Waals surface area contributed by atoms with Crippen molar-refractivity contribution < 1.29 is 52.6 Å². The van der Waals surface area contributed by atoms with Crippen molar-refractivity contribution in [2.75, 3.05) is 6.54 Å². The van der Waals surface area contributed by atoms with Gasteiger partial charge in [0, 0.05) is 25.1 Å². The van der Waals surface area contributed by atoms with Gasteiger partial charge in [-0.25, -0.2) is 9.59 Å². The second kappa shape index (κ2) is 18.1. The largest absolute Gasteiger partial charge is 0.458 e. The van der Waals surface area contributed by atoms with Gasteiger partial charge >= 0.3 is 11.9 Å².